The molecular weight excluding hydrogens is 478 g/mol. The van der Waals surface area contributed by atoms with Crippen LogP contribution >= 0.6 is 0 Å². The predicted octanol–water partition coefficient (Wildman–Crippen LogP) is 5.72. The highest BCUT2D eigenvalue weighted by Gasteiger charge is 2.27. The average molecular weight is 501 g/mol. The summed E-state index contributed by atoms with van der Waals surface area (Å²) in [7, 11) is 0. The molecule has 0 fully saturated rings. The molecule has 1 aliphatic rings. The number of aromatic amines is 2. The van der Waals surface area contributed by atoms with Gasteiger partial charge in [0.05, 0.1) is 11.5 Å². The molecule has 1 unspecified atom stereocenters. The van der Waals surface area contributed by atoms with Crippen molar-refractivity contribution in [2.75, 3.05) is 0 Å². The van der Waals surface area contributed by atoms with Gasteiger partial charge in [-0.3, -0.25) is 9.89 Å². The van der Waals surface area contributed by atoms with Gasteiger partial charge in [0.1, 0.15) is 17.4 Å². The molecule has 5 aromatic rings. The zero-order valence-electron chi connectivity index (χ0n) is 19.8. The Balaban J connectivity index is 1.24. The fourth-order valence-corrected chi connectivity index (χ4v) is 4.95. The van der Waals surface area contributed by atoms with Crippen LogP contribution in [0, 0.1) is 24.5 Å². The first-order valence-corrected chi connectivity index (χ1v) is 11.8. The molecule has 0 radical (unpaired) electrons. The molecule has 0 saturated carbocycles. The molecule has 1 aliphatic carbocycles. The van der Waals surface area contributed by atoms with Crippen molar-refractivity contribution in [3.63, 3.8) is 0 Å². The van der Waals surface area contributed by atoms with Crippen LogP contribution in [0.4, 0.5) is 8.78 Å². The van der Waals surface area contributed by atoms with Crippen molar-refractivity contribution in [3.05, 3.63) is 94.4 Å². The number of hydrogen-bond donors (Lipinski definition) is 3. The zero-order chi connectivity index (χ0) is 25.7. The maximum Gasteiger partial charge on any atom is 0.307 e. The molecule has 2 aromatic heterocycles. The number of nitrogens with zero attached hydrogens (tertiary/aromatic N) is 2. The normalized spacial score (nSPS) is 14.7. The van der Waals surface area contributed by atoms with Crippen molar-refractivity contribution >= 4 is 16.9 Å². The summed E-state index contributed by atoms with van der Waals surface area (Å²) in [5.74, 6) is -1.21. The third-order valence-corrected chi connectivity index (χ3v) is 6.87. The van der Waals surface area contributed by atoms with E-state index in [4.69, 9.17) is 4.74 Å². The molecular formula is C28H22F2N4O3. The summed E-state index contributed by atoms with van der Waals surface area (Å²) >= 11 is 0. The van der Waals surface area contributed by atoms with Gasteiger partial charge in [-0.2, -0.15) is 5.10 Å². The number of H-pyrrole nitrogens is 2. The number of nitrogens with one attached hydrogen (secondary N) is 2. The van der Waals surface area contributed by atoms with Crippen LogP contribution < -0.4 is 4.74 Å². The first-order valence-electron chi connectivity index (χ1n) is 11.8. The number of carboxylic acid groups (broad SMARTS) is 1. The van der Waals surface area contributed by atoms with Crippen molar-refractivity contribution in [2.24, 2.45) is 5.92 Å². The summed E-state index contributed by atoms with van der Waals surface area (Å²) in [6.45, 7) is 1.77. The van der Waals surface area contributed by atoms with Crippen LogP contribution in [0.3, 0.4) is 0 Å². The molecule has 1 atom stereocenters. The Morgan fingerprint density at radius 3 is 2.76 bits per heavy atom. The minimum absolute atomic E-state index is 0.0714. The molecule has 186 valence electrons. The number of aryl methyl sites for hydroxylation is 1. The summed E-state index contributed by atoms with van der Waals surface area (Å²) in [6.07, 6.45) is 3.21. The molecule has 6 rings (SSSR count). The lowest BCUT2D eigenvalue weighted by Crippen LogP contribution is -2.12. The van der Waals surface area contributed by atoms with Gasteiger partial charge in [-0.15, -0.1) is 0 Å². The van der Waals surface area contributed by atoms with Crippen molar-refractivity contribution in [1.29, 1.82) is 0 Å². The van der Waals surface area contributed by atoms with E-state index in [0.717, 1.165) is 22.1 Å². The van der Waals surface area contributed by atoms with Crippen molar-refractivity contribution < 1.29 is 23.4 Å². The smallest absolute Gasteiger partial charge is 0.307 e. The number of rotatable bonds is 6. The van der Waals surface area contributed by atoms with Crippen molar-refractivity contribution in [3.8, 4) is 22.9 Å². The van der Waals surface area contributed by atoms with E-state index in [-0.39, 0.29) is 28.8 Å². The van der Waals surface area contributed by atoms with Gasteiger partial charge in [-0.25, -0.2) is 13.8 Å². The van der Waals surface area contributed by atoms with Gasteiger partial charge in [0.2, 0.25) is 0 Å². The topological polar surface area (TPSA) is 104 Å². The van der Waals surface area contributed by atoms with Crippen molar-refractivity contribution in [1.82, 2.24) is 20.2 Å². The minimum Gasteiger partial charge on any atom is -0.481 e. The Bertz CT molecular complexity index is 1670. The highest BCUT2D eigenvalue weighted by atomic mass is 19.1. The largest absolute Gasteiger partial charge is 0.481 e. The summed E-state index contributed by atoms with van der Waals surface area (Å²) in [6, 6.07) is 13.2. The highest BCUT2D eigenvalue weighted by Crippen LogP contribution is 2.35. The third kappa shape index (κ3) is 4.22. The van der Waals surface area contributed by atoms with Gasteiger partial charge in [-0.05, 0) is 60.7 Å². The van der Waals surface area contributed by atoms with Gasteiger partial charge in [0, 0.05) is 35.2 Å². The number of benzene rings is 3. The summed E-state index contributed by atoms with van der Waals surface area (Å²) in [5, 5.41) is 17.2. The number of ether oxygens (including phenoxy) is 1. The lowest BCUT2D eigenvalue weighted by atomic mass is 10.0. The zero-order valence-corrected chi connectivity index (χ0v) is 19.8. The Labute approximate surface area is 210 Å². The van der Waals surface area contributed by atoms with E-state index in [1.807, 2.05) is 24.3 Å². The number of aromatic nitrogens is 4. The van der Waals surface area contributed by atoms with Crippen LogP contribution in [-0.4, -0.2) is 31.2 Å². The standard InChI is InChI=1S/C28H22F2N4O3/c1-14-20-6-7-31-24(20)13-23(30)26(14)37-19-4-5-22(29)21(12-19)27-32-25(33-34-27)9-15-2-3-16-10-18(28(35)36)11-17(16)8-15/h2-8,12-13,18,31H,9-11H2,1H3,(H,35,36)(H,32,33,34). The number of hydrogen-bond acceptors (Lipinski definition) is 4. The molecule has 0 amide bonds. The van der Waals surface area contributed by atoms with Crippen LogP contribution in [0.5, 0.6) is 11.5 Å². The molecule has 2 heterocycles. The number of fused-ring (bicyclic) bond motifs is 2. The van der Waals surface area contributed by atoms with E-state index in [1.54, 1.807) is 13.1 Å². The summed E-state index contributed by atoms with van der Waals surface area (Å²) in [4.78, 5) is 18.8. The summed E-state index contributed by atoms with van der Waals surface area (Å²) < 4.78 is 35.3. The number of carbonyl (C=O) groups is 1. The average Bonchev–Trinajstić information content (AvgIpc) is 3.62. The SMILES string of the molecule is Cc1c(Oc2ccc(F)c(-c3n[nH]c(Cc4ccc5c(c4)CC(C(=O)O)C5)n3)c2)c(F)cc2[nH]ccc12. The van der Waals surface area contributed by atoms with Gasteiger partial charge >= 0.3 is 5.97 Å². The first-order chi connectivity index (χ1) is 17.9. The molecule has 3 aromatic carbocycles. The van der Waals surface area contributed by atoms with Crippen LogP contribution in [-0.2, 0) is 24.1 Å². The second-order valence-corrected chi connectivity index (χ2v) is 9.32. The molecule has 0 aliphatic heterocycles. The summed E-state index contributed by atoms with van der Waals surface area (Å²) in [5.41, 5.74) is 4.46. The van der Waals surface area contributed by atoms with E-state index in [1.165, 1.54) is 24.3 Å². The minimum atomic E-state index is -0.784. The molecule has 9 heteroatoms. The highest BCUT2D eigenvalue weighted by molar-refractivity contribution is 5.85. The van der Waals surface area contributed by atoms with Gasteiger partial charge in [0.15, 0.2) is 17.4 Å². The number of aliphatic carboxylic acids is 1. The maximum atomic E-state index is 14.7. The number of carboxylic acids is 1. The van der Waals surface area contributed by atoms with Gasteiger partial charge in [-0.1, -0.05) is 18.2 Å². The van der Waals surface area contributed by atoms with E-state index in [2.05, 4.69) is 20.2 Å². The maximum absolute atomic E-state index is 14.7. The fraction of sp³-hybridized carbons (Fsp3) is 0.179. The van der Waals surface area contributed by atoms with Gasteiger partial charge in [0.25, 0.3) is 0 Å². The lowest BCUT2D eigenvalue weighted by Gasteiger charge is -2.12. The Kier molecular flexibility index (Phi) is 5.48. The van der Waals surface area contributed by atoms with Crippen molar-refractivity contribution in [2.45, 2.75) is 26.2 Å². The fourth-order valence-electron chi connectivity index (χ4n) is 4.95. The quantitative estimate of drug-likeness (QED) is 0.277. The van der Waals surface area contributed by atoms with Crippen LogP contribution in [0.2, 0.25) is 0 Å². The Morgan fingerprint density at radius 2 is 1.92 bits per heavy atom. The molecule has 7 nitrogen and oxygen atoms in total. The predicted molar refractivity (Wildman–Crippen MR) is 133 cm³/mol. The van der Waals surface area contributed by atoms with Crippen LogP contribution in [0.1, 0.15) is 28.1 Å². The molecule has 0 saturated heterocycles. The molecule has 0 spiro atoms. The van der Waals surface area contributed by atoms with E-state index < -0.39 is 17.6 Å². The van der Waals surface area contributed by atoms with Crippen LogP contribution in [0.15, 0.2) is 54.7 Å². The van der Waals surface area contributed by atoms with E-state index in [0.29, 0.717) is 36.2 Å². The van der Waals surface area contributed by atoms with Gasteiger partial charge < -0.3 is 14.8 Å². The van der Waals surface area contributed by atoms with E-state index in [9.17, 15) is 18.7 Å². The second kappa shape index (κ2) is 8.85. The second-order valence-electron chi connectivity index (χ2n) is 9.32. The van der Waals surface area contributed by atoms with Crippen LogP contribution in [0.25, 0.3) is 22.3 Å². The Hall–Kier alpha value is -4.53. The Morgan fingerprint density at radius 1 is 1.08 bits per heavy atom. The third-order valence-electron chi connectivity index (χ3n) is 6.87. The van der Waals surface area contributed by atoms with E-state index >= 15 is 0 Å². The molecule has 0 bridgehead atoms. The first kappa shape index (κ1) is 22.9. The molecule has 37 heavy (non-hydrogen) atoms. The lowest BCUT2D eigenvalue weighted by molar-refractivity contribution is -0.141. The monoisotopic (exact) mass is 500 g/mol. The molecule has 3 N–H and O–H groups in total. The number of halogens is 2.